The van der Waals surface area contributed by atoms with E-state index < -0.39 is 23.4 Å². The molecule has 1 aromatic rings. The summed E-state index contributed by atoms with van der Waals surface area (Å²) in [6, 6.07) is 6.13. The highest BCUT2D eigenvalue weighted by atomic mass is 16.5. The monoisotopic (exact) mass is 373 g/mol. The number of urea groups is 1. The van der Waals surface area contributed by atoms with Crippen LogP contribution in [0, 0.1) is 0 Å². The summed E-state index contributed by atoms with van der Waals surface area (Å²) in [6.45, 7) is -0.0677. The van der Waals surface area contributed by atoms with Gasteiger partial charge in [-0.1, -0.05) is 31.4 Å². The third-order valence-electron chi connectivity index (χ3n) is 5.12. The normalized spacial score (nSPS) is 18.3. The van der Waals surface area contributed by atoms with Gasteiger partial charge in [0.2, 0.25) is 5.91 Å². The van der Waals surface area contributed by atoms with Crippen LogP contribution in [0.5, 0.6) is 0 Å². The number of rotatable bonds is 5. The molecule has 2 fully saturated rings. The highest BCUT2D eigenvalue weighted by Gasteiger charge is 2.51. The zero-order chi connectivity index (χ0) is 19.4. The molecule has 1 saturated carbocycles. The van der Waals surface area contributed by atoms with E-state index in [0.29, 0.717) is 18.4 Å². The van der Waals surface area contributed by atoms with Gasteiger partial charge in [0.15, 0.2) is 0 Å². The van der Waals surface area contributed by atoms with Crippen molar-refractivity contribution >= 4 is 23.8 Å². The molecule has 8 nitrogen and oxygen atoms in total. The fourth-order valence-corrected chi connectivity index (χ4v) is 3.59. The molecule has 3 rings (SSSR count). The number of hydrogen-bond donors (Lipinski definition) is 2. The van der Waals surface area contributed by atoms with Crippen LogP contribution in [0.3, 0.4) is 0 Å². The molecule has 1 saturated heterocycles. The number of hydrogen-bond acceptors (Lipinski definition) is 5. The SMILES string of the molecule is COC(=O)c1ccc(CNC(=O)CN2C(=O)NC3(CCCCC3)C2=O)cc1. The smallest absolute Gasteiger partial charge is 0.337 e. The van der Waals surface area contributed by atoms with Gasteiger partial charge in [-0.05, 0) is 30.5 Å². The van der Waals surface area contributed by atoms with Gasteiger partial charge in [0.05, 0.1) is 12.7 Å². The highest BCUT2D eigenvalue weighted by molar-refractivity contribution is 6.09. The molecular formula is C19H23N3O5. The van der Waals surface area contributed by atoms with E-state index in [-0.39, 0.29) is 19.0 Å². The minimum Gasteiger partial charge on any atom is -0.465 e. The van der Waals surface area contributed by atoms with Crippen LogP contribution >= 0.6 is 0 Å². The molecule has 2 N–H and O–H groups in total. The van der Waals surface area contributed by atoms with Gasteiger partial charge in [0.1, 0.15) is 12.1 Å². The van der Waals surface area contributed by atoms with Crippen LogP contribution in [0.25, 0.3) is 0 Å². The van der Waals surface area contributed by atoms with E-state index in [1.807, 2.05) is 0 Å². The Labute approximate surface area is 157 Å². The average molecular weight is 373 g/mol. The van der Waals surface area contributed by atoms with Crippen LogP contribution in [-0.2, 0) is 20.9 Å². The fraction of sp³-hybridized carbons (Fsp3) is 0.474. The first-order valence-corrected chi connectivity index (χ1v) is 9.03. The molecule has 27 heavy (non-hydrogen) atoms. The van der Waals surface area contributed by atoms with Crippen LogP contribution in [-0.4, -0.2) is 47.9 Å². The summed E-state index contributed by atoms with van der Waals surface area (Å²) >= 11 is 0. The van der Waals surface area contributed by atoms with Crippen molar-refractivity contribution in [2.45, 2.75) is 44.2 Å². The maximum atomic E-state index is 12.7. The third kappa shape index (κ3) is 3.94. The standard InChI is InChI=1S/C19H23N3O5/c1-27-16(24)14-7-5-13(6-8-14)11-20-15(23)12-22-17(25)19(21-18(22)26)9-3-2-4-10-19/h5-8H,2-4,9-12H2,1H3,(H,20,23)(H,21,26). The number of ether oxygens (including phenoxy) is 1. The second-order valence-electron chi connectivity index (χ2n) is 6.93. The predicted octanol–water partition coefficient (Wildman–Crippen LogP) is 1.34. The van der Waals surface area contributed by atoms with E-state index in [2.05, 4.69) is 15.4 Å². The van der Waals surface area contributed by atoms with Gasteiger partial charge in [-0.2, -0.15) is 0 Å². The number of methoxy groups -OCH3 is 1. The van der Waals surface area contributed by atoms with Gasteiger partial charge < -0.3 is 15.4 Å². The first-order chi connectivity index (χ1) is 12.9. The molecule has 0 radical (unpaired) electrons. The van der Waals surface area contributed by atoms with Gasteiger partial charge >= 0.3 is 12.0 Å². The van der Waals surface area contributed by atoms with E-state index in [0.717, 1.165) is 29.7 Å². The Bertz CT molecular complexity index is 753. The lowest BCUT2D eigenvalue weighted by atomic mass is 9.82. The highest BCUT2D eigenvalue weighted by Crippen LogP contribution is 2.33. The molecule has 2 aliphatic rings. The number of amides is 4. The molecule has 8 heteroatoms. The number of benzene rings is 1. The van der Waals surface area contributed by atoms with E-state index in [1.165, 1.54) is 7.11 Å². The summed E-state index contributed by atoms with van der Waals surface area (Å²) in [5, 5.41) is 5.48. The molecule has 1 aromatic carbocycles. The topological polar surface area (TPSA) is 105 Å². The molecule has 0 unspecified atom stereocenters. The van der Waals surface area contributed by atoms with E-state index >= 15 is 0 Å². The first-order valence-electron chi connectivity index (χ1n) is 9.03. The van der Waals surface area contributed by atoms with Crippen molar-refractivity contribution in [1.29, 1.82) is 0 Å². The molecule has 0 bridgehead atoms. The van der Waals surface area contributed by atoms with Crippen LogP contribution in [0.1, 0.15) is 48.0 Å². The van der Waals surface area contributed by atoms with Crippen molar-refractivity contribution in [3.8, 4) is 0 Å². The summed E-state index contributed by atoms with van der Waals surface area (Å²) < 4.78 is 4.63. The van der Waals surface area contributed by atoms with Crippen LogP contribution in [0.15, 0.2) is 24.3 Å². The van der Waals surface area contributed by atoms with E-state index in [9.17, 15) is 19.2 Å². The van der Waals surface area contributed by atoms with Crippen molar-refractivity contribution < 1.29 is 23.9 Å². The zero-order valence-corrected chi connectivity index (χ0v) is 15.2. The summed E-state index contributed by atoms with van der Waals surface area (Å²) in [5.74, 6) is -1.14. The van der Waals surface area contributed by atoms with Crippen LogP contribution < -0.4 is 10.6 Å². The Balaban J connectivity index is 1.54. The lowest BCUT2D eigenvalue weighted by Gasteiger charge is -2.30. The third-order valence-corrected chi connectivity index (χ3v) is 5.12. The van der Waals surface area contributed by atoms with Crippen molar-refractivity contribution in [2.75, 3.05) is 13.7 Å². The van der Waals surface area contributed by atoms with Crippen molar-refractivity contribution in [3.05, 3.63) is 35.4 Å². The molecule has 1 spiro atoms. The molecule has 1 aliphatic carbocycles. The second kappa shape index (κ2) is 7.77. The Morgan fingerprint density at radius 1 is 1.15 bits per heavy atom. The quantitative estimate of drug-likeness (QED) is 0.599. The number of carbonyl (C=O) groups is 4. The minimum atomic E-state index is -0.820. The summed E-state index contributed by atoms with van der Waals surface area (Å²) in [6.07, 6.45) is 4.10. The summed E-state index contributed by atoms with van der Waals surface area (Å²) in [5.41, 5.74) is 0.390. The van der Waals surface area contributed by atoms with Crippen molar-refractivity contribution in [3.63, 3.8) is 0 Å². The summed E-state index contributed by atoms with van der Waals surface area (Å²) in [4.78, 5) is 49.4. The van der Waals surface area contributed by atoms with E-state index in [1.54, 1.807) is 24.3 Å². The molecular weight excluding hydrogens is 350 g/mol. The molecule has 4 amide bonds. The number of nitrogens with zero attached hydrogens (tertiary/aromatic N) is 1. The maximum absolute atomic E-state index is 12.7. The number of carbonyl (C=O) groups excluding carboxylic acids is 4. The fourth-order valence-electron chi connectivity index (χ4n) is 3.59. The summed E-state index contributed by atoms with van der Waals surface area (Å²) in [7, 11) is 1.31. The molecule has 0 aromatic heterocycles. The van der Waals surface area contributed by atoms with Gasteiger partial charge in [-0.3, -0.25) is 14.5 Å². The van der Waals surface area contributed by atoms with Crippen molar-refractivity contribution in [1.82, 2.24) is 15.5 Å². The molecule has 144 valence electrons. The average Bonchev–Trinajstić information content (AvgIpc) is 2.90. The second-order valence-corrected chi connectivity index (χ2v) is 6.93. The number of esters is 1. The largest absolute Gasteiger partial charge is 0.465 e. The molecule has 1 aliphatic heterocycles. The van der Waals surface area contributed by atoms with Crippen LogP contribution in [0.2, 0.25) is 0 Å². The number of nitrogens with one attached hydrogen (secondary N) is 2. The van der Waals surface area contributed by atoms with Crippen molar-refractivity contribution in [2.24, 2.45) is 0 Å². The van der Waals surface area contributed by atoms with Gasteiger partial charge in [0.25, 0.3) is 5.91 Å². The lowest BCUT2D eigenvalue weighted by Crippen LogP contribution is -2.49. The van der Waals surface area contributed by atoms with E-state index in [4.69, 9.17) is 0 Å². The Morgan fingerprint density at radius 3 is 2.44 bits per heavy atom. The first kappa shape index (κ1) is 18.9. The Hall–Kier alpha value is -2.90. The molecule has 0 atom stereocenters. The zero-order valence-electron chi connectivity index (χ0n) is 15.2. The van der Waals surface area contributed by atoms with Gasteiger partial charge in [-0.15, -0.1) is 0 Å². The number of imide groups is 1. The van der Waals surface area contributed by atoms with Gasteiger partial charge in [-0.25, -0.2) is 9.59 Å². The minimum absolute atomic E-state index is 0.231. The Kier molecular flexibility index (Phi) is 5.43. The lowest BCUT2D eigenvalue weighted by molar-refractivity contribution is -0.135. The maximum Gasteiger partial charge on any atom is 0.337 e. The van der Waals surface area contributed by atoms with Gasteiger partial charge in [0, 0.05) is 6.54 Å². The molecule has 1 heterocycles. The predicted molar refractivity (Wildman–Crippen MR) is 95.7 cm³/mol. The Morgan fingerprint density at radius 2 is 1.81 bits per heavy atom. The van der Waals surface area contributed by atoms with Crippen LogP contribution in [0.4, 0.5) is 4.79 Å².